The second-order valence-electron chi connectivity index (χ2n) is 7.27. The Bertz CT molecular complexity index is 554. The van der Waals surface area contributed by atoms with E-state index in [0.717, 1.165) is 64.3 Å². The van der Waals surface area contributed by atoms with Crippen LogP contribution < -0.4 is 0 Å². The van der Waals surface area contributed by atoms with E-state index in [1.54, 1.807) is 6.26 Å². The summed E-state index contributed by atoms with van der Waals surface area (Å²) in [6.45, 7) is 5.44. The molecule has 0 radical (unpaired) electrons. The number of fused-ring (bicyclic) bond motifs is 1. The van der Waals surface area contributed by atoms with Gasteiger partial charge in [-0.3, -0.25) is 9.69 Å². The SMILES string of the molecule is CN1CCN(C(=O)[C@@H]2CC[C@@H]3[C@@H](CCN3Cc3ccco3)O2)CC1. The topological polar surface area (TPSA) is 49.2 Å². The van der Waals surface area contributed by atoms with E-state index >= 15 is 0 Å². The quantitative estimate of drug-likeness (QED) is 0.831. The van der Waals surface area contributed by atoms with Crippen LogP contribution in [-0.4, -0.2) is 78.6 Å². The third-order valence-corrected chi connectivity index (χ3v) is 5.69. The molecule has 24 heavy (non-hydrogen) atoms. The van der Waals surface area contributed by atoms with Crippen molar-refractivity contribution in [2.45, 2.75) is 44.1 Å². The van der Waals surface area contributed by atoms with Crippen LogP contribution in [0.2, 0.25) is 0 Å². The summed E-state index contributed by atoms with van der Waals surface area (Å²) in [7, 11) is 2.11. The molecule has 0 aromatic carbocycles. The Hall–Kier alpha value is -1.37. The maximum atomic E-state index is 12.7. The van der Waals surface area contributed by atoms with E-state index in [1.165, 1.54) is 0 Å². The number of carbonyl (C=O) groups excluding carboxylic acids is 1. The fourth-order valence-corrected chi connectivity index (χ4v) is 4.23. The fraction of sp³-hybridized carbons (Fsp3) is 0.722. The number of piperazine rings is 1. The van der Waals surface area contributed by atoms with Crippen molar-refractivity contribution in [3.63, 3.8) is 0 Å². The molecule has 0 bridgehead atoms. The molecule has 3 aliphatic heterocycles. The van der Waals surface area contributed by atoms with Crippen molar-refractivity contribution in [2.24, 2.45) is 0 Å². The van der Waals surface area contributed by atoms with Gasteiger partial charge in [0.1, 0.15) is 11.9 Å². The van der Waals surface area contributed by atoms with Gasteiger partial charge in [-0.1, -0.05) is 0 Å². The molecule has 0 aliphatic carbocycles. The highest BCUT2D eigenvalue weighted by atomic mass is 16.5. The van der Waals surface area contributed by atoms with Crippen molar-refractivity contribution < 1.29 is 13.9 Å². The van der Waals surface area contributed by atoms with Crippen molar-refractivity contribution in [3.05, 3.63) is 24.2 Å². The first-order chi connectivity index (χ1) is 11.7. The van der Waals surface area contributed by atoms with Gasteiger partial charge in [-0.25, -0.2) is 0 Å². The van der Waals surface area contributed by atoms with E-state index < -0.39 is 0 Å². The standard InChI is InChI=1S/C18H27N3O3/c1-19-8-10-20(11-9-19)18(22)17-5-4-15-16(24-17)6-7-21(15)13-14-3-2-12-23-14/h2-3,12,15-17H,4-11,13H2,1H3/t15-,16-,17+/m1/s1. The highest BCUT2D eigenvalue weighted by Crippen LogP contribution is 2.33. The zero-order valence-electron chi connectivity index (χ0n) is 14.4. The lowest BCUT2D eigenvalue weighted by Gasteiger charge is -2.39. The minimum absolute atomic E-state index is 0.190. The van der Waals surface area contributed by atoms with Gasteiger partial charge in [-0.05, 0) is 38.4 Å². The Morgan fingerprint density at radius 1 is 1.17 bits per heavy atom. The number of likely N-dealkylation sites (tertiary alicyclic amines) is 1. The molecule has 6 nitrogen and oxygen atoms in total. The molecule has 4 rings (SSSR count). The van der Waals surface area contributed by atoms with Gasteiger partial charge in [0.2, 0.25) is 0 Å². The molecule has 1 aromatic heterocycles. The van der Waals surface area contributed by atoms with Crippen molar-refractivity contribution >= 4 is 5.91 Å². The van der Waals surface area contributed by atoms with E-state index in [1.807, 2.05) is 17.0 Å². The first-order valence-corrected chi connectivity index (χ1v) is 9.10. The Kier molecular flexibility index (Phi) is 4.61. The number of hydrogen-bond donors (Lipinski definition) is 0. The van der Waals surface area contributed by atoms with Crippen LogP contribution in [0.3, 0.4) is 0 Å². The van der Waals surface area contributed by atoms with Gasteiger partial charge in [0, 0.05) is 38.8 Å². The Labute approximate surface area is 143 Å². The van der Waals surface area contributed by atoms with Crippen LogP contribution in [0.15, 0.2) is 22.8 Å². The molecule has 4 heterocycles. The maximum absolute atomic E-state index is 12.7. The van der Waals surface area contributed by atoms with Gasteiger partial charge in [-0.2, -0.15) is 0 Å². The highest BCUT2D eigenvalue weighted by Gasteiger charge is 2.42. The Morgan fingerprint density at radius 2 is 2.00 bits per heavy atom. The summed E-state index contributed by atoms with van der Waals surface area (Å²) in [5.74, 6) is 1.21. The molecule has 1 amide bonds. The first kappa shape index (κ1) is 16.1. The molecular formula is C18H27N3O3. The molecular weight excluding hydrogens is 306 g/mol. The van der Waals surface area contributed by atoms with Crippen LogP contribution in [0.25, 0.3) is 0 Å². The van der Waals surface area contributed by atoms with E-state index in [0.29, 0.717) is 6.04 Å². The molecule has 0 unspecified atom stereocenters. The van der Waals surface area contributed by atoms with Crippen molar-refractivity contribution in [1.82, 2.24) is 14.7 Å². The predicted octanol–water partition coefficient (Wildman–Crippen LogP) is 1.18. The number of hydrogen-bond acceptors (Lipinski definition) is 5. The number of ether oxygens (including phenoxy) is 1. The van der Waals surface area contributed by atoms with E-state index in [9.17, 15) is 4.79 Å². The fourth-order valence-electron chi connectivity index (χ4n) is 4.23. The lowest BCUT2D eigenvalue weighted by Crippen LogP contribution is -2.53. The van der Waals surface area contributed by atoms with Gasteiger partial charge in [0.05, 0.1) is 18.9 Å². The van der Waals surface area contributed by atoms with E-state index in [4.69, 9.17) is 9.15 Å². The smallest absolute Gasteiger partial charge is 0.251 e. The van der Waals surface area contributed by atoms with Crippen LogP contribution >= 0.6 is 0 Å². The van der Waals surface area contributed by atoms with Crippen LogP contribution in [-0.2, 0) is 16.1 Å². The van der Waals surface area contributed by atoms with Gasteiger partial charge in [0.25, 0.3) is 5.91 Å². The summed E-state index contributed by atoms with van der Waals surface area (Å²) in [6, 6.07) is 4.38. The second kappa shape index (κ2) is 6.86. The first-order valence-electron chi connectivity index (χ1n) is 9.10. The number of rotatable bonds is 3. The number of carbonyl (C=O) groups is 1. The van der Waals surface area contributed by atoms with Gasteiger partial charge < -0.3 is 19.0 Å². The molecule has 3 fully saturated rings. The molecule has 0 spiro atoms. The molecule has 3 saturated heterocycles. The average molecular weight is 333 g/mol. The molecule has 6 heteroatoms. The van der Waals surface area contributed by atoms with Crippen molar-refractivity contribution in [3.8, 4) is 0 Å². The van der Waals surface area contributed by atoms with Gasteiger partial charge in [-0.15, -0.1) is 0 Å². The summed E-state index contributed by atoms with van der Waals surface area (Å²) in [4.78, 5) is 19.4. The minimum Gasteiger partial charge on any atom is -0.468 e. The monoisotopic (exact) mass is 333 g/mol. The van der Waals surface area contributed by atoms with Crippen LogP contribution in [0.5, 0.6) is 0 Å². The summed E-state index contributed by atoms with van der Waals surface area (Å²) in [6.07, 6.45) is 4.56. The van der Waals surface area contributed by atoms with Gasteiger partial charge >= 0.3 is 0 Å². The average Bonchev–Trinajstić information content (AvgIpc) is 3.25. The number of furan rings is 1. The zero-order chi connectivity index (χ0) is 16.5. The lowest BCUT2D eigenvalue weighted by molar-refractivity contribution is -0.156. The lowest BCUT2D eigenvalue weighted by atomic mass is 9.98. The second-order valence-corrected chi connectivity index (χ2v) is 7.27. The van der Waals surface area contributed by atoms with Crippen LogP contribution in [0, 0.1) is 0 Å². The molecule has 1 aromatic rings. The normalized spacial score (nSPS) is 32.0. The summed E-state index contributed by atoms with van der Waals surface area (Å²) < 4.78 is 11.7. The van der Waals surface area contributed by atoms with Gasteiger partial charge in [0.15, 0.2) is 0 Å². The van der Waals surface area contributed by atoms with Crippen molar-refractivity contribution in [2.75, 3.05) is 39.8 Å². The Balaban J connectivity index is 1.33. The van der Waals surface area contributed by atoms with E-state index in [2.05, 4.69) is 16.8 Å². The van der Waals surface area contributed by atoms with Crippen LogP contribution in [0.4, 0.5) is 0 Å². The molecule has 3 atom stereocenters. The number of amides is 1. The molecule has 132 valence electrons. The minimum atomic E-state index is -0.238. The maximum Gasteiger partial charge on any atom is 0.251 e. The largest absolute Gasteiger partial charge is 0.468 e. The van der Waals surface area contributed by atoms with E-state index in [-0.39, 0.29) is 18.1 Å². The van der Waals surface area contributed by atoms with Crippen molar-refractivity contribution in [1.29, 1.82) is 0 Å². The Morgan fingerprint density at radius 3 is 2.75 bits per heavy atom. The molecule has 0 saturated carbocycles. The highest BCUT2D eigenvalue weighted by molar-refractivity contribution is 5.81. The summed E-state index contributed by atoms with van der Waals surface area (Å²) in [5, 5.41) is 0. The predicted molar refractivity (Wildman–Crippen MR) is 89.5 cm³/mol. The number of nitrogens with zero attached hydrogens (tertiary/aromatic N) is 3. The summed E-state index contributed by atoms with van der Waals surface area (Å²) >= 11 is 0. The molecule has 0 N–H and O–H groups in total. The molecule has 3 aliphatic rings. The summed E-state index contributed by atoms with van der Waals surface area (Å²) in [5.41, 5.74) is 0. The van der Waals surface area contributed by atoms with Crippen LogP contribution in [0.1, 0.15) is 25.0 Å². The number of likely N-dealkylation sites (N-methyl/N-ethyl adjacent to an activating group) is 1. The third-order valence-electron chi connectivity index (χ3n) is 5.69. The zero-order valence-corrected chi connectivity index (χ0v) is 14.4. The third kappa shape index (κ3) is 3.23.